The molecule has 0 heterocycles. The Bertz CT molecular complexity index is 453. The van der Waals surface area contributed by atoms with Crippen molar-refractivity contribution in [3.8, 4) is 0 Å². The summed E-state index contributed by atoms with van der Waals surface area (Å²) < 4.78 is 0. The highest BCUT2D eigenvalue weighted by Crippen LogP contribution is 2.38. The first-order valence-corrected chi connectivity index (χ1v) is 5.80. The van der Waals surface area contributed by atoms with E-state index in [2.05, 4.69) is 32.0 Å². The summed E-state index contributed by atoms with van der Waals surface area (Å²) in [5, 5.41) is 0. The van der Waals surface area contributed by atoms with Gasteiger partial charge in [0.15, 0.2) is 0 Å². The van der Waals surface area contributed by atoms with Crippen LogP contribution in [0.15, 0.2) is 23.8 Å². The van der Waals surface area contributed by atoms with Crippen molar-refractivity contribution < 1.29 is 4.79 Å². The minimum atomic E-state index is 0.286. The van der Waals surface area contributed by atoms with E-state index in [1.54, 1.807) is 0 Å². The molecule has 1 aromatic rings. The van der Waals surface area contributed by atoms with E-state index in [0.29, 0.717) is 0 Å². The van der Waals surface area contributed by atoms with Gasteiger partial charge in [-0.1, -0.05) is 32.0 Å². The van der Waals surface area contributed by atoms with E-state index >= 15 is 0 Å². The average Bonchev–Trinajstić information content (AvgIpc) is 2.55. The molecule has 1 aromatic carbocycles. The van der Waals surface area contributed by atoms with Gasteiger partial charge in [0.05, 0.1) is 0 Å². The Kier molecular flexibility index (Phi) is 2.71. The lowest BCUT2D eigenvalue weighted by Crippen LogP contribution is -2.11. The number of hydrogen-bond acceptors (Lipinski definition) is 1. The highest BCUT2D eigenvalue weighted by molar-refractivity contribution is 5.80. The fourth-order valence-corrected chi connectivity index (χ4v) is 2.41. The SMILES string of the molecule is C/C(C=O)=C\c1ccc2c(c1)C(C)(C)CC2. The van der Waals surface area contributed by atoms with E-state index in [-0.39, 0.29) is 5.41 Å². The van der Waals surface area contributed by atoms with Crippen LogP contribution in [0.3, 0.4) is 0 Å². The number of fused-ring (bicyclic) bond motifs is 1. The maximum Gasteiger partial charge on any atom is 0.145 e. The molecule has 0 radical (unpaired) electrons. The number of hydrogen-bond donors (Lipinski definition) is 0. The second kappa shape index (κ2) is 3.89. The van der Waals surface area contributed by atoms with E-state index in [4.69, 9.17) is 0 Å². The summed E-state index contributed by atoms with van der Waals surface area (Å²) in [6.45, 7) is 6.42. The molecule has 0 N–H and O–H groups in total. The first-order valence-electron chi connectivity index (χ1n) is 5.80. The highest BCUT2D eigenvalue weighted by Gasteiger charge is 2.29. The van der Waals surface area contributed by atoms with Crippen molar-refractivity contribution in [3.05, 3.63) is 40.5 Å². The molecular formula is C15H18O. The molecule has 1 aliphatic rings. The van der Waals surface area contributed by atoms with E-state index < -0.39 is 0 Å². The maximum absolute atomic E-state index is 10.6. The van der Waals surface area contributed by atoms with Gasteiger partial charge < -0.3 is 0 Å². The summed E-state index contributed by atoms with van der Waals surface area (Å²) in [7, 11) is 0. The largest absolute Gasteiger partial charge is 0.298 e. The molecule has 0 saturated heterocycles. The number of benzene rings is 1. The number of allylic oxidation sites excluding steroid dienone is 1. The summed E-state index contributed by atoms with van der Waals surface area (Å²) >= 11 is 0. The predicted octanol–water partition coefficient (Wildman–Crippen LogP) is 3.51. The van der Waals surface area contributed by atoms with Crippen molar-refractivity contribution in [1.29, 1.82) is 0 Å². The van der Waals surface area contributed by atoms with Gasteiger partial charge in [0.2, 0.25) is 0 Å². The summed E-state index contributed by atoms with van der Waals surface area (Å²) in [6.07, 6.45) is 5.25. The van der Waals surface area contributed by atoms with Gasteiger partial charge >= 0.3 is 0 Å². The first kappa shape index (κ1) is 11.1. The Labute approximate surface area is 97.2 Å². The standard InChI is InChI=1S/C15H18O/c1-11(10-16)8-12-4-5-13-6-7-15(2,3)14(13)9-12/h4-5,8-10H,6-7H2,1-3H3/b11-8+. The van der Waals surface area contributed by atoms with Gasteiger partial charge in [-0.2, -0.15) is 0 Å². The number of aldehydes is 1. The van der Waals surface area contributed by atoms with E-state index in [9.17, 15) is 4.79 Å². The van der Waals surface area contributed by atoms with Gasteiger partial charge in [0.25, 0.3) is 0 Å². The average molecular weight is 214 g/mol. The van der Waals surface area contributed by atoms with Gasteiger partial charge in [-0.25, -0.2) is 0 Å². The van der Waals surface area contributed by atoms with Gasteiger partial charge in [-0.3, -0.25) is 4.79 Å². The molecule has 0 aromatic heterocycles. The van der Waals surface area contributed by atoms with Gasteiger partial charge in [-0.15, -0.1) is 0 Å². The topological polar surface area (TPSA) is 17.1 Å². The molecule has 0 spiro atoms. The van der Waals surface area contributed by atoms with Crippen LogP contribution in [0.2, 0.25) is 0 Å². The third-order valence-corrected chi connectivity index (χ3v) is 3.46. The van der Waals surface area contributed by atoms with Gasteiger partial charge in [-0.05, 0) is 53.5 Å². The molecule has 0 saturated carbocycles. The van der Waals surface area contributed by atoms with Crippen LogP contribution in [-0.2, 0) is 16.6 Å². The van der Waals surface area contributed by atoms with Crippen LogP contribution in [0.4, 0.5) is 0 Å². The van der Waals surface area contributed by atoms with Gasteiger partial charge in [0, 0.05) is 0 Å². The van der Waals surface area contributed by atoms with Crippen molar-refractivity contribution in [2.45, 2.75) is 39.0 Å². The second-order valence-electron chi connectivity index (χ2n) is 5.31. The fraction of sp³-hybridized carbons (Fsp3) is 0.400. The highest BCUT2D eigenvalue weighted by atomic mass is 16.1. The summed E-state index contributed by atoms with van der Waals surface area (Å²) in [5.74, 6) is 0. The lowest BCUT2D eigenvalue weighted by Gasteiger charge is -2.19. The quantitative estimate of drug-likeness (QED) is 0.544. The lowest BCUT2D eigenvalue weighted by molar-refractivity contribution is -0.104. The van der Waals surface area contributed by atoms with Crippen LogP contribution in [0.5, 0.6) is 0 Å². The zero-order valence-electron chi connectivity index (χ0n) is 10.2. The smallest absolute Gasteiger partial charge is 0.145 e. The molecule has 1 heteroatoms. The summed E-state index contributed by atoms with van der Waals surface area (Å²) in [5.41, 5.74) is 5.11. The number of carbonyl (C=O) groups excluding carboxylic acids is 1. The molecule has 0 atom stereocenters. The molecule has 1 aliphatic carbocycles. The predicted molar refractivity (Wildman–Crippen MR) is 67.5 cm³/mol. The van der Waals surface area contributed by atoms with E-state index in [1.807, 2.05) is 13.0 Å². The van der Waals surface area contributed by atoms with Crippen LogP contribution in [0, 0.1) is 0 Å². The van der Waals surface area contributed by atoms with E-state index in [0.717, 1.165) is 17.4 Å². The molecular weight excluding hydrogens is 196 g/mol. The second-order valence-corrected chi connectivity index (χ2v) is 5.31. The van der Waals surface area contributed by atoms with Crippen molar-refractivity contribution in [3.63, 3.8) is 0 Å². The van der Waals surface area contributed by atoms with E-state index in [1.165, 1.54) is 24.0 Å². The molecule has 2 rings (SSSR count). The first-order chi connectivity index (χ1) is 7.53. The monoisotopic (exact) mass is 214 g/mol. The molecule has 1 nitrogen and oxygen atoms in total. The van der Waals surface area contributed by atoms with Crippen molar-refractivity contribution in [2.24, 2.45) is 0 Å². The van der Waals surface area contributed by atoms with Crippen molar-refractivity contribution in [2.75, 3.05) is 0 Å². The molecule has 0 amide bonds. The number of aryl methyl sites for hydroxylation is 1. The number of carbonyl (C=O) groups is 1. The Morgan fingerprint density at radius 2 is 2.12 bits per heavy atom. The van der Waals surface area contributed by atoms with Crippen molar-refractivity contribution in [1.82, 2.24) is 0 Å². The van der Waals surface area contributed by atoms with Crippen LogP contribution >= 0.6 is 0 Å². The third-order valence-electron chi connectivity index (χ3n) is 3.46. The minimum absolute atomic E-state index is 0.286. The molecule has 16 heavy (non-hydrogen) atoms. The number of rotatable bonds is 2. The zero-order valence-corrected chi connectivity index (χ0v) is 10.2. The normalized spacial score (nSPS) is 18.3. The summed E-state index contributed by atoms with van der Waals surface area (Å²) in [4.78, 5) is 10.6. The van der Waals surface area contributed by atoms with Gasteiger partial charge in [0.1, 0.15) is 6.29 Å². The minimum Gasteiger partial charge on any atom is -0.298 e. The molecule has 0 unspecified atom stereocenters. The van der Waals surface area contributed by atoms with Crippen LogP contribution < -0.4 is 0 Å². The third kappa shape index (κ3) is 1.95. The Balaban J connectivity index is 2.43. The molecule has 0 aliphatic heterocycles. The Hall–Kier alpha value is -1.37. The summed E-state index contributed by atoms with van der Waals surface area (Å²) in [6, 6.07) is 6.54. The Morgan fingerprint density at radius 3 is 2.81 bits per heavy atom. The molecule has 0 bridgehead atoms. The van der Waals surface area contributed by atoms with Crippen LogP contribution in [0.1, 0.15) is 43.9 Å². The molecule has 0 fully saturated rings. The molecule has 84 valence electrons. The fourth-order valence-electron chi connectivity index (χ4n) is 2.41. The zero-order chi connectivity index (χ0) is 11.8. The maximum atomic E-state index is 10.6. The van der Waals surface area contributed by atoms with Crippen molar-refractivity contribution >= 4 is 12.4 Å². The lowest BCUT2D eigenvalue weighted by atomic mass is 9.86. The van der Waals surface area contributed by atoms with Crippen LogP contribution in [-0.4, -0.2) is 6.29 Å². The Morgan fingerprint density at radius 1 is 1.38 bits per heavy atom. The van der Waals surface area contributed by atoms with Crippen LogP contribution in [0.25, 0.3) is 6.08 Å².